The Morgan fingerprint density at radius 3 is 2.29 bits per heavy atom. The number of rotatable bonds is 14. The van der Waals surface area contributed by atoms with E-state index in [1.54, 1.807) is 41.7 Å². The van der Waals surface area contributed by atoms with Crippen molar-refractivity contribution in [3.05, 3.63) is 109 Å². The van der Waals surface area contributed by atoms with Gasteiger partial charge >= 0.3 is 0 Å². The molecule has 0 atom stereocenters. The first kappa shape index (κ1) is 36.8. The molecule has 0 amide bonds. The molecule has 11 heteroatoms. The molecule has 0 radical (unpaired) electrons. The average Bonchev–Trinajstić information content (AvgIpc) is 3.50. The fourth-order valence-electron chi connectivity index (χ4n) is 5.00. The third kappa shape index (κ3) is 11.6. The van der Waals surface area contributed by atoms with Gasteiger partial charge in [0.1, 0.15) is 17.4 Å². The van der Waals surface area contributed by atoms with Gasteiger partial charge < -0.3 is 20.2 Å². The van der Waals surface area contributed by atoms with E-state index >= 15 is 0 Å². The molecule has 1 aliphatic heterocycles. The highest BCUT2D eigenvalue weighted by atomic mass is 32.2. The number of hydrogen-bond acceptors (Lipinski definition) is 10. The van der Waals surface area contributed by atoms with Gasteiger partial charge in [0.25, 0.3) is 0 Å². The maximum Gasteiger partial charge on any atom is 0.196 e. The lowest BCUT2D eigenvalue weighted by Crippen LogP contribution is -2.48. The molecule has 1 saturated heterocycles. The number of aromatic nitrogens is 4. The van der Waals surface area contributed by atoms with Crippen LogP contribution in [0, 0.1) is 6.92 Å². The molecule has 0 aliphatic carbocycles. The number of thioether (sulfide) groups is 1. The van der Waals surface area contributed by atoms with Gasteiger partial charge in [-0.1, -0.05) is 56.5 Å². The third-order valence-corrected chi connectivity index (χ3v) is 9.49. The highest BCUT2D eigenvalue weighted by molar-refractivity contribution is 7.99. The molecule has 0 spiro atoms. The summed E-state index contributed by atoms with van der Waals surface area (Å²) in [5.74, 6) is 3.68. The monoisotopic (exact) mass is 684 g/mol. The second-order valence-electron chi connectivity index (χ2n) is 11.6. The first-order valence-corrected chi connectivity index (χ1v) is 18.0. The Morgan fingerprint density at radius 2 is 1.69 bits per heavy atom. The van der Waals surface area contributed by atoms with Crippen LogP contribution in [0.25, 0.3) is 0 Å². The van der Waals surface area contributed by atoms with Gasteiger partial charge in [-0.05, 0) is 81.2 Å². The summed E-state index contributed by atoms with van der Waals surface area (Å²) in [6.07, 6.45) is 7.89. The fourth-order valence-corrected chi connectivity index (χ4v) is 6.59. The molecule has 2 aromatic carbocycles. The summed E-state index contributed by atoms with van der Waals surface area (Å²) in [5.41, 5.74) is 3.21. The number of allylic oxidation sites excluding steroid dienone is 4. The van der Waals surface area contributed by atoms with Gasteiger partial charge in [-0.15, -0.1) is 11.8 Å². The van der Waals surface area contributed by atoms with E-state index in [-0.39, 0.29) is 0 Å². The zero-order chi connectivity index (χ0) is 34.3. The molecule has 0 unspecified atom stereocenters. The van der Waals surface area contributed by atoms with E-state index in [0.717, 1.165) is 90.6 Å². The van der Waals surface area contributed by atoms with Gasteiger partial charge in [0.15, 0.2) is 11.0 Å². The molecule has 1 fully saturated rings. The first-order valence-electron chi connectivity index (χ1n) is 16.2. The standard InChI is InChI=1S/C31H40N8OS2.C6H8/c1-5-27-29(32-28-19-22(2)35-36-28)33-31(34-30(27)39-17-15-38(16-18-39)14-13-37(3)4)42-26-11-9-25(10-12-26)41-21-23-7-6-8-24(40)20-23;1-3-5-6-4-2/h6-12,19-20,40H,5,13-18,21H2,1-4H3,(H2,32,33,34,35,36);3-6H,1-2H2/b;6-5-. The number of likely N-dealkylation sites (N-methyl/N-ethyl adjacent to an activating group) is 1. The second-order valence-corrected chi connectivity index (χ2v) is 13.7. The number of H-pyrrole nitrogens is 1. The Labute approximate surface area is 294 Å². The number of aromatic hydroxyl groups is 1. The van der Waals surface area contributed by atoms with Crippen molar-refractivity contribution >= 4 is 41.0 Å². The van der Waals surface area contributed by atoms with E-state index in [1.165, 1.54) is 4.90 Å². The first-order chi connectivity index (χ1) is 23.3. The summed E-state index contributed by atoms with van der Waals surface area (Å²) in [5, 5.41) is 21.3. The largest absolute Gasteiger partial charge is 0.508 e. The topological polar surface area (TPSA) is 96.4 Å². The molecule has 2 aromatic heterocycles. The van der Waals surface area contributed by atoms with Gasteiger partial charge in [-0.2, -0.15) is 5.10 Å². The third-order valence-electron chi connectivity index (χ3n) is 7.54. The Kier molecular flexibility index (Phi) is 14.6. The van der Waals surface area contributed by atoms with Gasteiger partial charge in [0.05, 0.1) is 0 Å². The highest BCUT2D eigenvalue weighted by Gasteiger charge is 2.24. The summed E-state index contributed by atoms with van der Waals surface area (Å²) in [6, 6.07) is 17.9. The normalized spacial score (nSPS) is 13.4. The van der Waals surface area contributed by atoms with Crippen molar-refractivity contribution in [1.82, 2.24) is 30.0 Å². The highest BCUT2D eigenvalue weighted by Crippen LogP contribution is 2.34. The average molecular weight is 685 g/mol. The summed E-state index contributed by atoms with van der Waals surface area (Å²) in [7, 11) is 4.26. The van der Waals surface area contributed by atoms with E-state index in [2.05, 4.69) is 88.7 Å². The van der Waals surface area contributed by atoms with Crippen LogP contribution in [0.3, 0.4) is 0 Å². The van der Waals surface area contributed by atoms with Crippen molar-refractivity contribution in [3.63, 3.8) is 0 Å². The zero-order valence-electron chi connectivity index (χ0n) is 28.5. The fraction of sp³-hybridized carbons (Fsp3) is 0.324. The van der Waals surface area contributed by atoms with Crippen LogP contribution in [0.5, 0.6) is 5.75 Å². The minimum Gasteiger partial charge on any atom is -0.508 e. The summed E-state index contributed by atoms with van der Waals surface area (Å²) < 4.78 is 0. The number of nitrogens with one attached hydrogen (secondary N) is 2. The molecule has 5 rings (SSSR count). The molecular weight excluding hydrogens is 637 g/mol. The number of phenols is 1. The molecule has 3 N–H and O–H groups in total. The Hall–Kier alpha value is -4.03. The number of aryl methyl sites for hydroxylation is 1. The van der Waals surface area contributed by atoms with E-state index in [9.17, 15) is 5.11 Å². The Balaban J connectivity index is 0.000000794. The van der Waals surface area contributed by atoms with Crippen molar-refractivity contribution in [2.75, 3.05) is 63.6 Å². The molecule has 3 heterocycles. The lowest BCUT2D eigenvalue weighted by molar-refractivity contribution is 0.229. The molecule has 4 aromatic rings. The predicted octanol–water partition coefficient (Wildman–Crippen LogP) is 7.56. The van der Waals surface area contributed by atoms with Crippen LogP contribution in [0.2, 0.25) is 0 Å². The molecule has 9 nitrogen and oxygen atoms in total. The summed E-state index contributed by atoms with van der Waals surface area (Å²) >= 11 is 3.33. The second kappa shape index (κ2) is 19.1. The van der Waals surface area contributed by atoms with Crippen molar-refractivity contribution in [3.8, 4) is 5.75 Å². The van der Waals surface area contributed by atoms with E-state index in [4.69, 9.17) is 9.97 Å². The van der Waals surface area contributed by atoms with Gasteiger partial charge in [-0.25, -0.2) is 9.97 Å². The molecule has 254 valence electrons. The number of anilines is 3. The number of phenolic OH excluding ortho intramolecular Hbond substituents is 1. The number of nitrogens with zero attached hydrogens (tertiary/aromatic N) is 6. The molecule has 0 saturated carbocycles. The van der Waals surface area contributed by atoms with Crippen molar-refractivity contribution in [2.45, 2.75) is 41.0 Å². The van der Waals surface area contributed by atoms with E-state index < -0.39 is 0 Å². The van der Waals surface area contributed by atoms with Gasteiger partial charge in [0.2, 0.25) is 0 Å². The van der Waals surface area contributed by atoms with Crippen molar-refractivity contribution in [1.29, 1.82) is 0 Å². The molecule has 1 aliphatic rings. The smallest absolute Gasteiger partial charge is 0.196 e. The van der Waals surface area contributed by atoms with E-state index in [0.29, 0.717) is 10.9 Å². The Morgan fingerprint density at radius 1 is 0.979 bits per heavy atom. The quantitative estimate of drug-likeness (QED) is 0.0702. The van der Waals surface area contributed by atoms with Crippen LogP contribution in [0.4, 0.5) is 17.5 Å². The minimum absolute atomic E-state index is 0.302. The van der Waals surface area contributed by atoms with Crippen LogP contribution in [-0.2, 0) is 12.2 Å². The van der Waals surface area contributed by atoms with E-state index in [1.807, 2.05) is 43.3 Å². The lowest BCUT2D eigenvalue weighted by Gasteiger charge is -2.37. The zero-order valence-corrected chi connectivity index (χ0v) is 30.2. The maximum absolute atomic E-state index is 9.74. The van der Waals surface area contributed by atoms with Crippen LogP contribution in [0.15, 0.2) is 107 Å². The van der Waals surface area contributed by atoms with Crippen molar-refractivity contribution in [2.24, 2.45) is 0 Å². The molecule has 0 bridgehead atoms. The van der Waals surface area contributed by atoms with Crippen LogP contribution in [-0.4, -0.2) is 88.4 Å². The lowest BCUT2D eigenvalue weighted by atomic mass is 10.2. The maximum atomic E-state index is 9.74. The number of aromatic amines is 1. The molecule has 48 heavy (non-hydrogen) atoms. The number of benzene rings is 2. The van der Waals surface area contributed by atoms with Crippen LogP contribution >= 0.6 is 23.5 Å². The van der Waals surface area contributed by atoms with Gasteiger partial charge in [0, 0.05) is 72.1 Å². The summed E-state index contributed by atoms with van der Waals surface area (Å²) in [4.78, 5) is 19.6. The van der Waals surface area contributed by atoms with Crippen molar-refractivity contribution < 1.29 is 5.11 Å². The summed E-state index contributed by atoms with van der Waals surface area (Å²) in [6.45, 7) is 17.2. The SMILES string of the molecule is C=C/C=C\C=C.CCc1c(Nc2cc(C)[nH]n2)nc(Sc2ccc(SCc3cccc(O)c3)cc2)nc1N1CCN(CCN(C)C)CC1. The Bertz CT molecular complexity index is 1620. The van der Waals surface area contributed by atoms with Gasteiger partial charge in [-0.3, -0.25) is 10.00 Å². The predicted molar refractivity (Wildman–Crippen MR) is 203 cm³/mol. The minimum atomic E-state index is 0.302. The molecular formula is C37H48N8OS2. The van der Waals surface area contributed by atoms with Crippen LogP contribution in [0.1, 0.15) is 23.7 Å². The number of piperazine rings is 1. The number of hydrogen-bond donors (Lipinski definition) is 3. The van der Waals surface area contributed by atoms with Crippen LogP contribution < -0.4 is 10.2 Å².